The van der Waals surface area contributed by atoms with E-state index in [4.69, 9.17) is 4.42 Å². The molecule has 1 aliphatic rings. The third-order valence-electron chi connectivity index (χ3n) is 4.63. The Morgan fingerprint density at radius 3 is 2.44 bits per heavy atom. The zero-order valence-corrected chi connectivity index (χ0v) is 13.4. The Bertz CT molecular complexity index is 955. The SMILES string of the molecule is O=C(c1ccc(F)cc1)c1oc2ccccc2c1NC(=O)C1CCC1. The molecule has 0 radical (unpaired) electrons. The van der Waals surface area contributed by atoms with Gasteiger partial charge in [-0.3, -0.25) is 9.59 Å². The number of ketones is 1. The summed E-state index contributed by atoms with van der Waals surface area (Å²) in [6.07, 6.45) is 2.78. The summed E-state index contributed by atoms with van der Waals surface area (Å²) in [5, 5.41) is 3.55. The van der Waals surface area contributed by atoms with E-state index in [9.17, 15) is 14.0 Å². The van der Waals surface area contributed by atoms with Gasteiger partial charge in [0.15, 0.2) is 5.76 Å². The third-order valence-corrected chi connectivity index (χ3v) is 4.63. The van der Waals surface area contributed by atoms with E-state index in [1.54, 1.807) is 18.2 Å². The smallest absolute Gasteiger partial charge is 0.230 e. The fraction of sp³-hybridized carbons (Fsp3) is 0.200. The molecule has 1 fully saturated rings. The molecule has 0 saturated heterocycles. The summed E-state index contributed by atoms with van der Waals surface area (Å²) < 4.78 is 18.8. The van der Waals surface area contributed by atoms with Gasteiger partial charge in [-0.1, -0.05) is 18.6 Å². The monoisotopic (exact) mass is 337 g/mol. The molecule has 4 rings (SSSR count). The van der Waals surface area contributed by atoms with E-state index in [0.717, 1.165) is 19.3 Å². The molecule has 3 aromatic rings. The number of benzene rings is 2. The average Bonchev–Trinajstić information content (AvgIpc) is 2.92. The first kappa shape index (κ1) is 15.6. The summed E-state index contributed by atoms with van der Waals surface area (Å²) in [7, 11) is 0. The van der Waals surface area contributed by atoms with E-state index in [1.807, 2.05) is 6.07 Å². The van der Waals surface area contributed by atoms with Crippen molar-refractivity contribution in [1.29, 1.82) is 0 Å². The van der Waals surface area contributed by atoms with Crippen LogP contribution in [-0.4, -0.2) is 11.7 Å². The predicted molar refractivity (Wildman–Crippen MR) is 92.0 cm³/mol. The molecule has 0 atom stereocenters. The number of hydrogen-bond donors (Lipinski definition) is 1. The zero-order chi connectivity index (χ0) is 17.4. The second-order valence-corrected chi connectivity index (χ2v) is 6.26. The minimum absolute atomic E-state index is 0.0116. The van der Waals surface area contributed by atoms with Gasteiger partial charge in [0.1, 0.15) is 11.4 Å². The van der Waals surface area contributed by atoms with Gasteiger partial charge in [-0.15, -0.1) is 0 Å². The van der Waals surface area contributed by atoms with Crippen LogP contribution in [0, 0.1) is 11.7 Å². The van der Waals surface area contributed by atoms with Crippen LogP contribution in [0.15, 0.2) is 52.9 Å². The highest BCUT2D eigenvalue weighted by Gasteiger charge is 2.29. The molecular formula is C20H16FNO3. The molecule has 4 nitrogen and oxygen atoms in total. The summed E-state index contributed by atoms with van der Waals surface area (Å²) in [5.74, 6) is -0.839. The van der Waals surface area contributed by atoms with Crippen molar-refractivity contribution < 1.29 is 18.4 Å². The maximum Gasteiger partial charge on any atom is 0.230 e. The Hall–Kier alpha value is -2.95. The van der Waals surface area contributed by atoms with E-state index < -0.39 is 5.82 Å². The summed E-state index contributed by atoms with van der Waals surface area (Å²) in [6, 6.07) is 12.4. The fourth-order valence-electron chi connectivity index (χ4n) is 2.96. The topological polar surface area (TPSA) is 59.3 Å². The lowest BCUT2D eigenvalue weighted by molar-refractivity contribution is -0.122. The van der Waals surface area contributed by atoms with Crippen molar-refractivity contribution in [3.05, 3.63) is 65.7 Å². The van der Waals surface area contributed by atoms with Gasteiger partial charge in [0.25, 0.3) is 0 Å². The molecule has 0 spiro atoms. The lowest BCUT2D eigenvalue weighted by atomic mass is 9.85. The zero-order valence-electron chi connectivity index (χ0n) is 13.4. The Balaban J connectivity index is 1.76. The lowest BCUT2D eigenvalue weighted by Crippen LogP contribution is -2.28. The van der Waals surface area contributed by atoms with E-state index in [0.29, 0.717) is 22.2 Å². The summed E-state index contributed by atoms with van der Waals surface area (Å²) in [6.45, 7) is 0. The standard InChI is InChI=1S/C20H16FNO3/c21-14-10-8-12(9-11-14)18(23)19-17(22-20(24)13-4-3-5-13)15-6-1-2-7-16(15)25-19/h1-2,6-11,13H,3-5H2,(H,22,24). The number of halogens is 1. The number of carbonyl (C=O) groups excluding carboxylic acids is 2. The molecule has 0 unspecified atom stereocenters. The van der Waals surface area contributed by atoms with Crippen LogP contribution in [0.3, 0.4) is 0 Å². The molecule has 25 heavy (non-hydrogen) atoms. The highest BCUT2D eigenvalue weighted by Crippen LogP contribution is 2.34. The number of anilines is 1. The average molecular weight is 337 g/mol. The largest absolute Gasteiger partial charge is 0.450 e. The van der Waals surface area contributed by atoms with Gasteiger partial charge in [-0.05, 0) is 49.2 Å². The van der Waals surface area contributed by atoms with Crippen LogP contribution in [-0.2, 0) is 4.79 Å². The number of hydrogen-bond acceptors (Lipinski definition) is 3. The van der Waals surface area contributed by atoms with Gasteiger partial charge in [0, 0.05) is 16.9 Å². The molecule has 5 heteroatoms. The first-order valence-electron chi connectivity index (χ1n) is 8.26. The number of rotatable bonds is 4. The maximum atomic E-state index is 13.1. The second-order valence-electron chi connectivity index (χ2n) is 6.26. The molecule has 1 saturated carbocycles. The summed E-state index contributed by atoms with van der Waals surface area (Å²) >= 11 is 0. The molecule has 1 N–H and O–H groups in total. The molecule has 0 bridgehead atoms. The molecular weight excluding hydrogens is 321 g/mol. The third kappa shape index (κ3) is 2.82. The molecule has 0 aliphatic heterocycles. The lowest BCUT2D eigenvalue weighted by Gasteiger charge is -2.23. The van der Waals surface area contributed by atoms with Gasteiger partial charge in [-0.25, -0.2) is 4.39 Å². The molecule has 126 valence electrons. The fourth-order valence-corrected chi connectivity index (χ4v) is 2.96. The van der Waals surface area contributed by atoms with Crippen molar-refractivity contribution >= 4 is 28.3 Å². The van der Waals surface area contributed by atoms with Gasteiger partial charge >= 0.3 is 0 Å². The van der Waals surface area contributed by atoms with Crippen molar-refractivity contribution in [2.45, 2.75) is 19.3 Å². The van der Waals surface area contributed by atoms with Crippen LogP contribution in [0.2, 0.25) is 0 Å². The van der Waals surface area contributed by atoms with Gasteiger partial charge in [0.2, 0.25) is 11.7 Å². The van der Waals surface area contributed by atoms with E-state index in [1.165, 1.54) is 24.3 Å². The molecule has 1 aliphatic carbocycles. The van der Waals surface area contributed by atoms with Crippen molar-refractivity contribution in [1.82, 2.24) is 0 Å². The number of nitrogens with one attached hydrogen (secondary N) is 1. The maximum absolute atomic E-state index is 13.1. The summed E-state index contributed by atoms with van der Waals surface area (Å²) in [5.41, 5.74) is 1.22. The quantitative estimate of drug-likeness (QED) is 0.711. The van der Waals surface area contributed by atoms with E-state index in [-0.39, 0.29) is 23.4 Å². The Kier molecular flexibility index (Phi) is 3.84. The second kappa shape index (κ2) is 6.16. The first-order chi connectivity index (χ1) is 12.1. The number of amides is 1. The highest BCUT2D eigenvalue weighted by molar-refractivity contribution is 6.17. The minimum atomic E-state index is -0.417. The van der Waals surface area contributed by atoms with Gasteiger partial charge in [-0.2, -0.15) is 0 Å². The van der Waals surface area contributed by atoms with Crippen LogP contribution in [0.4, 0.5) is 10.1 Å². The van der Waals surface area contributed by atoms with Crippen LogP contribution in [0.1, 0.15) is 35.4 Å². The predicted octanol–water partition coefficient (Wildman–Crippen LogP) is 4.54. The Morgan fingerprint density at radius 2 is 1.76 bits per heavy atom. The van der Waals surface area contributed by atoms with Crippen LogP contribution >= 0.6 is 0 Å². The molecule has 1 heterocycles. The number of fused-ring (bicyclic) bond motifs is 1. The van der Waals surface area contributed by atoms with Crippen molar-refractivity contribution in [2.24, 2.45) is 5.92 Å². The van der Waals surface area contributed by atoms with E-state index >= 15 is 0 Å². The van der Waals surface area contributed by atoms with Gasteiger partial charge < -0.3 is 9.73 Å². The first-order valence-corrected chi connectivity index (χ1v) is 8.26. The van der Waals surface area contributed by atoms with Crippen LogP contribution in [0.5, 0.6) is 0 Å². The van der Waals surface area contributed by atoms with Crippen LogP contribution in [0.25, 0.3) is 11.0 Å². The number of carbonyl (C=O) groups is 2. The van der Waals surface area contributed by atoms with Gasteiger partial charge in [0.05, 0.1) is 5.69 Å². The minimum Gasteiger partial charge on any atom is -0.450 e. The molecule has 1 amide bonds. The summed E-state index contributed by atoms with van der Waals surface area (Å²) in [4.78, 5) is 25.2. The van der Waals surface area contributed by atoms with Crippen LogP contribution < -0.4 is 5.32 Å². The van der Waals surface area contributed by atoms with Crippen molar-refractivity contribution in [2.75, 3.05) is 5.32 Å². The van der Waals surface area contributed by atoms with Crippen molar-refractivity contribution in [3.63, 3.8) is 0 Å². The number of furan rings is 1. The number of para-hydroxylation sites is 1. The Labute approximate surface area is 143 Å². The molecule has 1 aromatic heterocycles. The Morgan fingerprint density at radius 1 is 1.04 bits per heavy atom. The normalized spacial score (nSPS) is 14.3. The molecule has 2 aromatic carbocycles. The highest BCUT2D eigenvalue weighted by atomic mass is 19.1. The van der Waals surface area contributed by atoms with Crippen molar-refractivity contribution in [3.8, 4) is 0 Å². The van der Waals surface area contributed by atoms with E-state index in [2.05, 4.69) is 5.32 Å².